The van der Waals surface area contributed by atoms with Crippen molar-refractivity contribution in [3.8, 4) is 0 Å². The highest BCUT2D eigenvalue weighted by Gasteiger charge is 2.35. The SMILES string of the molecule is CC(C)(C)P(CCP(C1CCCCC1)C1CCCCC1)CCP(C1CCCCC1)C1CCCCC1. The first-order valence-corrected chi connectivity index (χ1v) is 21.3. The molecule has 0 aromatic heterocycles. The Hall–Kier alpha value is 1.29. The molecule has 0 radical (unpaired) electrons. The van der Waals surface area contributed by atoms with E-state index in [2.05, 4.69) is 20.8 Å². The molecular weight excluding hydrogens is 477 g/mol. The minimum Gasteiger partial charge on any atom is -0.100 e. The van der Waals surface area contributed by atoms with E-state index in [1.54, 1.807) is 127 Å². The second-order valence-corrected chi connectivity index (χ2v) is 23.0. The maximum Gasteiger partial charge on any atom is -0.0179 e. The Kier molecular flexibility index (Phi) is 12.7. The summed E-state index contributed by atoms with van der Waals surface area (Å²) in [4.78, 5) is 0. The van der Waals surface area contributed by atoms with Crippen LogP contribution in [0.25, 0.3) is 0 Å². The third-order valence-electron chi connectivity index (χ3n) is 10.4. The molecule has 204 valence electrons. The molecule has 0 aromatic carbocycles. The summed E-state index contributed by atoms with van der Waals surface area (Å²) in [7, 11) is 0.771. The van der Waals surface area contributed by atoms with E-state index in [0.717, 1.165) is 22.6 Å². The van der Waals surface area contributed by atoms with Crippen LogP contribution in [-0.4, -0.2) is 52.4 Å². The average molecular weight is 539 g/mol. The quantitative estimate of drug-likeness (QED) is 0.243. The predicted molar refractivity (Wildman–Crippen MR) is 167 cm³/mol. The van der Waals surface area contributed by atoms with Crippen LogP contribution in [0.15, 0.2) is 0 Å². The van der Waals surface area contributed by atoms with Gasteiger partial charge >= 0.3 is 0 Å². The van der Waals surface area contributed by atoms with Gasteiger partial charge in [0.1, 0.15) is 0 Å². The van der Waals surface area contributed by atoms with E-state index in [0.29, 0.717) is 21.0 Å². The summed E-state index contributed by atoms with van der Waals surface area (Å²) >= 11 is 0. The Morgan fingerprint density at radius 1 is 0.400 bits per heavy atom. The third-order valence-corrected chi connectivity index (χ3v) is 21.8. The van der Waals surface area contributed by atoms with Crippen molar-refractivity contribution >= 4 is 23.8 Å². The third kappa shape index (κ3) is 9.17. The highest BCUT2D eigenvalue weighted by atomic mass is 31.1. The van der Waals surface area contributed by atoms with Crippen molar-refractivity contribution in [1.82, 2.24) is 0 Å². The smallest absolute Gasteiger partial charge is 0.0179 e. The van der Waals surface area contributed by atoms with E-state index in [-0.39, 0.29) is 7.92 Å². The van der Waals surface area contributed by atoms with Crippen LogP contribution in [-0.2, 0) is 0 Å². The zero-order chi connectivity index (χ0) is 24.5. The van der Waals surface area contributed by atoms with Crippen LogP contribution in [0.1, 0.15) is 149 Å². The van der Waals surface area contributed by atoms with Crippen molar-refractivity contribution in [1.29, 1.82) is 0 Å². The summed E-state index contributed by atoms with van der Waals surface area (Å²) in [6.07, 6.45) is 38.0. The van der Waals surface area contributed by atoms with Gasteiger partial charge in [-0.3, -0.25) is 0 Å². The van der Waals surface area contributed by atoms with E-state index in [1.165, 1.54) is 25.7 Å². The van der Waals surface area contributed by atoms with Crippen LogP contribution in [0.5, 0.6) is 0 Å². The van der Waals surface area contributed by atoms with Gasteiger partial charge in [-0.2, -0.15) is 0 Å². The summed E-state index contributed by atoms with van der Waals surface area (Å²) < 4.78 is 0. The molecule has 4 saturated carbocycles. The lowest BCUT2D eigenvalue weighted by atomic mass is 9.99. The molecule has 0 amide bonds. The van der Waals surface area contributed by atoms with E-state index in [4.69, 9.17) is 0 Å². The van der Waals surface area contributed by atoms with Gasteiger partial charge in [0, 0.05) is 0 Å². The summed E-state index contributed by atoms with van der Waals surface area (Å²) in [6, 6.07) is 0. The van der Waals surface area contributed by atoms with Gasteiger partial charge in [0.2, 0.25) is 0 Å². The summed E-state index contributed by atoms with van der Waals surface area (Å²) in [6.45, 7) is 7.89. The number of rotatable bonds is 10. The summed E-state index contributed by atoms with van der Waals surface area (Å²) in [5.74, 6) is 0. The molecule has 0 spiro atoms. The van der Waals surface area contributed by atoms with Crippen LogP contribution in [0.3, 0.4) is 0 Å². The zero-order valence-corrected chi connectivity index (χ0v) is 26.8. The van der Waals surface area contributed by atoms with Crippen molar-refractivity contribution < 1.29 is 0 Å². The van der Waals surface area contributed by atoms with Gasteiger partial charge in [-0.05, 0) is 104 Å². The lowest BCUT2D eigenvalue weighted by molar-refractivity contribution is 0.484. The molecular formula is C32H61P3. The van der Waals surface area contributed by atoms with Crippen LogP contribution < -0.4 is 0 Å². The van der Waals surface area contributed by atoms with Crippen molar-refractivity contribution in [2.75, 3.05) is 24.6 Å². The topological polar surface area (TPSA) is 0 Å². The first kappa shape index (κ1) is 29.3. The Morgan fingerprint density at radius 3 is 0.886 bits per heavy atom. The molecule has 4 aliphatic carbocycles. The second-order valence-electron chi connectivity index (χ2n) is 13.8. The number of hydrogen-bond acceptors (Lipinski definition) is 0. The summed E-state index contributed by atoms with van der Waals surface area (Å²) in [5.41, 5.74) is 4.61. The molecule has 0 heterocycles. The maximum absolute atomic E-state index is 2.63. The fourth-order valence-electron chi connectivity index (χ4n) is 8.23. The van der Waals surface area contributed by atoms with Crippen LogP contribution in [0.2, 0.25) is 0 Å². The minimum absolute atomic E-state index is 0.182. The van der Waals surface area contributed by atoms with Gasteiger partial charge in [0.25, 0.3) is 0 Å². The molecule has 4 rings (SSSR count). The van der Waals surface area contributed by atoms with Crippen LogP contribution in [0.4, 0.5) is 0 Å². The first-order valence-electron chi connectivity index (χ1n) is 16.3. The highest BCUT2D eigenvalue weighted by Crippen LogP contribution is 2.62. The van der Waals surface area contributed by atoms with Gasteiger partial charge in [-0.25, -0.2) is 0 Å². The molecule has 0 N–H and O–H groups in total. The van der Waals surface area contributed by atoms with Crippen molar-refractivity contribution in [3.05, 3.63) is 0 Å². The van der Waals surface area contributed by atoms with Gasteiger partial charge < -0.3 is 0 Å². The van der Waals surface area contributed by atoms with Gasteiger partial charge in [0.05, 0.1) is 0 Å². The largest absolute Gasteiger partial charge is 0.100 e. The Bertz CT molecular complexity index is 480. The molecule has 4 aliphatic rings. The molecule has 0 aliphatic heterocycles. The lowest BCUT2D eigenvalue weighted by Crippen LogP contribution is -2.26. The number of hydrogen-bond donors (Lipinski definition) is 0. The van der Waals surface area contributed by atoms with E-state index in [1.807, 2.05) is 0 Å². The van der Waals surface area contributed by atoms with Crippen molar-refractivity contribution in [2.45, 2.75) is 177 Å². The van der Waals surface area contributed by atoms with Gasteiger partial charge in [0.15, 0.2) is 0 Å². The molecule has 0 aromatic rings. The Morgan fingerprint density at radius 2 is 0.657 bits per heavy atom. The molecule has 3 heteroatoms. The molecule has 0 nitrogen and oxygen atoms in total. The standard InChI is InChI=1S/C32H61P3/c1-32(2,3)33(24-26-34(28-16-8-4-9-17-28)29-18-10-5-11-19-29)25-27-35(30-20-12-6-13-21-30)31-22-14-7-15-23-31/h28-31H,4-27H2,1-3H3. The van der Waals surface area contributed by atoms with Crippen molar-refractivity contribution in [3.63, 3.8) is 0 Å². The molecule has 35 heavy (non-hydrogen) atoms. The fraction of sp³-hybridized carbons (Fsp3) is 1.00. The summed E-state index contributed by atoms with van der Waals surface area (Å²) in [5, 5.41) is 0.565. The molecule has 0 unspecified atom stereocenters. The lowest BCUT2D eigenvalue weighted by Gasteiger charge is -2.42. The highest BCUT2D eigenvalue weighted by molar-refractivity contribution is 7.65. The Labute approximate surface area is 225 Å². The average Bonchev–Trinajstić information content (AvgIpc) is 2.89. The van der Waals surface area contributed by atoms with E-state index >= 15 is 0 Å². The second kappa shape index (κ2) is 15.2. The van der Waals surface area contributed by atoms with Crippen LogP contribution >= 0.6 is 23.8 Å². The molecule has 4 fully saturated rings. The van der Waals surface area contributed by atoms with Gasteiger partial charge in [-0.1, -0.05) is 114 Å². The molecule has 0 atom stereocenters. The fourth-order valence-corrected chi connectivity index (χ4v) is 20.3. The van der Waals surface area contributed by atoms with Crippen molar-refractivity contribution in [2.24, 2.45) is 0 Å². The molecule has 0 bridgehead atoms. The maximum atomic E-state index is 2.63. The van der Waals surface area contributed by atoms with E-state index < -0.39 is 0 Å². The normalized spacial score (nSPS) is 25.2. The predicted octanol–water partition coefficient (Wildman–Crippen LogP) is 11.6. The van der Waals surface area contributed by atoms with E-state index in [9.17, 15) is 0 Å². The first-order chi connectivity index (χ1) is 17.0. The monoisotopic (exact) mass is 538 g/mol. The van der Waals surface area contributed by atoms with Gasteiger partial charge in [-0.15, -0.1) is 7.92 Å². The minimum atomic E-state index is 0.182. The van der Waals surface area contributed by atoms with Crippen LogP contribution in [0, 0.1) is 0 Å². The zero-order valence-electron chi connectivity index (χ0n) is 24.1. The molecule has 0 saturated heterocycles. The Balaban J connectivity index is 1.39.